The summed E-state index contributed by atoms with van der Waals surface area (Å²) >= 11 is 0. The first kappa shape index (κ1) is 14.5. The smallest absolute Gasteiger partial charge is 0.0316 e. The van der Waals surface area contributed by atoms with Gasteiger partial charge in [-0.1, -0.05) is 42.5 Å². The zero-order valence-corrected chi connectivity index (χ0v) is 13.0. The first-order valence-corrected chi connectivity index (χ1v) is 7.77. The molecule has 2 aromatic carbocycles. The Morgan fingerprint density at radius 1 is 1.10 bits per heavy atom. The zero-order chi connectivity index (χ0) is 14.8. The van der Waals surface area contributed by atoms with Crippen LogP contribution < -0.4 is 5.73 Å². The molecule has 112 valence electrons. The van der Waals surface area contributed by atoms with Crippen LogP contribution in [0.15, 0.2) is 42.5 Å². The summed E-state index contributed by atoms with van der Waals surface area (Å²) in [6, 6.07) is 15.6. The van der Waals surface area contributed by atoms with Gasteiger partial charge in [-0.25, -0.2) is 0 Å². The Morgan fingerprint density at radius 3 is 2.71 bits per heavy atom. The van der Waals surface area contributed by atoms with Gasteiger partial charge in [0.2, 0.25) is 0 Å². The summed E-state index contributed by atoms with van der Waals surface area (Å²) in [4.78, 5) is 4.85. The topological polar surface area (TPSA) is 32.5 Å². The van der Waals surface area contributed by atoms with Gasteiger partial charge in [0, 0.05) is 31.7 Å². The van der Waals surface area contributed by atoms with Crippen molar-refractivity contribution >= 4 is 10.8 Å². The molecule has 3 heteroatoms. The fraction of sp³-hybridized carbons (Fsp3) is 0.444. The number of benzene rings is 2. The molecule has 3 nitrogen and oxygen atoms in total. The van der Waals surface area contributed by atoms with E-state index in [0.717, 1.165) is 26.1 Å². The number of likely N-dealkylation sites (N-methyl/N-ethyl adjacent to an activating group) is 2. The van der Waals surface area contributed by atoms with Crippen LogP contribution in [-0.4, -0.2) is 49.6 Å². The Kier molecular flexibility index (Phi) is 4.24. The minimum atomic E-state index is 0.0926. The van der Waals surface area contributed by atoms with Crippen LogP contribution in [0, 0.1) is 0 Å². The van der Waals surface area contributed by atoms with E-state index in [1.165, 1.54) is 16.3 Å². The van der Waals surface area contributed by atoms with Crippen molar-refractivity contribution in [1.29, 1.82) is 0 Å². The fourth-order valence-corrected chi connectivity index (χ4v) is 3.35. The Labute approximate surface area is 127 Å². The maximum Gasteiger partial charge on any atom is 0.0316 e. The van der Waals surface area contributed by atoms with Gasteiger partial charge in [0.25, 0.3) is 0 Å². The van der Waals surface area contributed by atoms with E-state index in [4.69, 9.17) is 5.73 Å². The van der Waals surface area contributed by atoms with Crippen LogP contribution in [0.3, 0.4) is 0 Å². The van der Waals surface area contributed by atoms with Crippen LogP contribution in [0.4, 0.5) is 0 Å². The first-order valence-electron chi connectivity index (χ1n) is 7.77. The monoisotopic (exact) mass is 283 g/mol. The lowest BCUT2D eigenvalue weighted by Gasteiger charge is -2.39. The third-order valence-electron chi connectivity index (χ3n) is 4.73. The van der Waals surface area contributed by atoms with E-state index in [0.29, 0.717) is 6.04 Å². The molecular formula is C18H25N3. The number of rotatable bonds is 3. The fourth-order valence-electron chi connectivity index (χ4n) is 3.35. The predicted octanol–water partition coefficient (Wildman–Crippen LogP) is 2.48. The van der Waals surface area contributed by atoms with Gasteiger partial charge in [-0.2, -0.15) is 0 Å². The minimum absolute atomic E-state index is 0.0926. The number of fused-ring (bicyclic) bond motifs is 1. The average Bonchev–Trinajstić information content (AvgIpc) is 2.50. The molecule has 1 saturated heterocycles. The van der Waals surface area contributed by atoms with Crippen molar-refractivity contribution in [1.82, 2.24) is 9.80 Å². The van der Waals surface area contributed by atoms with Crippen molar-refractivity contribution in [2.24, 2.45) is 5.73 Å². The SMILES string of the molecule is CN1CCN(C)C(CC(N)c2cccc3ccccc23)C1. The molecular weight excluding hydrogens is 258 g/mol. The summed E-state index contributed by atoms with van der Waals surface area (Å²) in [5, 5.41) is 2.57. The molecule has 1 aliphatic rings. The van der Waals surface area contributed by atoms with Crippen molar-refractivity contribution in [3.63, 3.8) is 0 Å². The summed E-state index contributed by atoms with van der Waals surface area (Å²) < 4.78 is 0. The largest absolute Gasteiger partial charge is 0.324 e. The highest BCUT2D eigenvalue weighted by molar-refractivity contribution is 5.86. The van der Waals surface area contributed by atoms with Gasteiger partial charge < -0.3 is 15.5 Å². The summed E-state index contributed by atoms with van der Waals surface area (Å²) in [5.74, 6) is 0. The molecule has 2 N–H and O–H groups in total. The van der Waals surface area contributed by atoms with E-state index in [1.54, 1.807) is 0 Å². The Hall–Kier alpha value is -1.42. The summed E-state index contributed by atoms with van der Waals surface area (Å²) in [6.45, 7) is 3.38. The molecule has 1 aliphatic heterocycles. The molecule has 0 aromatic heterocycles. The molecule has 2 unspecified atom stereocenters. The van der Waals surface area contributed by atoms with Gasteiger partial charge in [-0.3, -0.25) is 0 Å². The van der Waals surface area contributed by atoms with E-state index < -0.39 is 0 Å². The zero-order valence-electron chi connectivity index (χ0n) is 13.0. The molecule has 0 spiro atoms. The van der Waals surface area contributed by atoms with E-state index in [2.05, 4.69) is 66.4 Å². The van der Waals surface area contributed by atoms with Crippen molar-refractivity contribution in [3.8, 4) is 0 Å². The predicted molar refractivity (Wildman–Crippen MR) is 89.4 cm³/mol. The molecule has 2 aromatic rings. The van der Waals surface area contributed by atoms with Gasteiger partial charge in [-0.05, 0) is 36.9 Å². The van der Waals surface area contributed by atoms with Crippen molar-refractivity contribution in [2.45, 2.75) is 18.5 Å². The number of nitrogens with zero attached hydrogens (tertiary/aromatic N) is 2. The standard InChI is InChI=1S/C18H25N3/c1-20-10-11-21(2)15(13-20)12-18(19)17-9-5-7-14-6-3-4-8-16(14)17/h3-9,15,18H,10-13,19H2,1-2H3. The number of nitrogens with two attached hydrogens (primary N) is 1. The second-order valence-electron chi connectivity index (χ2n) is 6.31. The van der Waals surface area contributed by atoms with Gasteiger partial charge in [0.05, 0.1) is 0 Å². The van der Waals surface area contributed by atoms with E-state index in [1.807, 2.05) is 0 Å². The van der Waals surface area contributed by atoms with Gasteiger partial charge in [0.1, 0.15) is 0 Å². The van der Waals surface area contributed by atoms with Crippen LogP contribution in [-0.2, 0) is 0 Å². The molecule has 21 heavy (non-hydrogen) atoms. The van der Waals surface area contributed by atoms with E-state index >= 15 is 0 Å². The molecule has 0 bridgehead atoms. The van der Waals surface area contributed by atoms with Gasteiger partial charge in [0.15, 0.2) is 0 Å². The minimum Gasteiger partial charge on any atom is -0.324 e. The summed E-state index contributed by atoms with van der Waals surface area (Å²) in [7, 11) is 4.41. The second kappa shape index (κ2) is 6.14. The van der Waals surface area contributed by atoms with Gasteiger partial charge >= 0.3 is 0 Å². The number of piperazine rings is 1. The second-order valence-corrected chi connectivity index (χ2v) is 6.31. The lowest BCUT2D eigenvalue weighted by atomic mass is 9.94. The van der Waals surface area contributed by atoms with Crippen LogP contribution in [0.1, 0.15) is 18.0 Å². The number of hydrogen-bond donors (Lipinski definition) is 1. The van der Waals surface area contributed by atoms with Crippen LogP contribution >= 0.6 is 0 Å². The normalized spacial score (nSPS) is 22.5. The van der Waals surface area contributed by atoms with Crippen LogP contribution in [0.5, 0.6) is 0 Å². The quantitative estimate of drug-likeness (QED) is 0.939. The lowest BCUT2D eigenvalue weighted by Crippen LogP contribution is -2.50. The Morgan fingerprint density at radius 2 is 1.86 bits per heavy atom. The third-order valence-corrected chi connectivity index (χ3v) is 4.73. The van der Waals surface area contributed by atoms with Crippen LogP contribution in [0.2, 0.25) is 0 Å². The van der Waals surface area contributed by atoms with Gasteiger partial charge in [-0.15, -0.1) is 0 Å². The van der Waals surface area contributed by atoms with Crippen molar-refractivity contribution in [3.05, 3.63) is 48.0 Å². The molecule has 3 rings (SSSR count). The molecule has 1 heterocycles. The van der Waals surface area contributed by atoms with Crippen molar-refractivity contribution in [2.75, 3.05) is 33.7 Å². The average molecular weight is 283 g/mol. The number of hydrogen-bond acceptors (Lipinski definition) is 3. The van der Waals surface area contributed by atoms with Crippen LogP contribution in [0.25, 0.3) is 10.8 Å². The van der Waals surface area contributed by atoms with E-state index in [9.17, 15) is 0 Å². The molecule has 0 radical (unpaired) electrons. The highest BCUT2D eigenvalue weighted by Gasteiger charge is 2.25. The summed E-state index contributed by atoms with van der Waals surface area (Å²) in [6.07, 6.45) is 1.01. The third kappa shape index (κ3) is 3.10. The Bertz CT molecular complexity index is 605. The lowest BCUT2D eigenvalue weighted by molar-refractivity contribution is 0.104. The highest BCUT2D eigenvalue weighted by atomic mass is 15.3. The molecule has 0 aliphatic carbocycles. The summed E-state index contributed by atoms with van der Waals surface area (Å²) in [5.41, 5.74) is 7.83. The molecule has 0 amide bonds. The van der Waals surface area contributed by atoms with Crippen molar-refractivity contribution < 1.29 is 0 Å². The molecule has 0 saturated carbocycles. The molecule has 2 atom stereocenters. The maximum absolute atomic E-state index is 6.55. The first-order chi connectivity index (χ1) is 10.1. The Balaban J connectivity index is 1.82. The van der Waals surface area contributed by atoms with E-state index in [-0.39, 0.29) is 6.04 Å². The molecule has 1 fully saturated rings. The highest BCUT2D eigenvalue weighted by Crippen LogP contribution is 2.27. The maximum atomic E-state index is 6.55.